The summed E-state index contributed by atoms with van der Waals surface area (Å²) >= 11 is 0. The molecule has 10 aromatic carbocycles. The molecular formula is C65H40N4O. The summed E-state index contributed by atoms with van der Waals surface area (Å²) in [6.07, 6.45) is 0. The lowest BCUT2D eigenvalue weighted by molar-refractivity contribution is 0.669. The average molecular weight is 893 g/mol. The van der Waals surface area contributed by atoms with Gasteiger partial charge >= 0.3 is 0 Å². The highest BCUT2D eigenvalue weighted by molar-refractivity contribution is 6.27. The summed E-state index contributed by atoms with van der Waals surface area (Å²) in [5.41, 5.74) is 17.2. The minimum atomic E-state index is 0.678. The van der Waals surface area contributed by atoms with Gasteiger partial charge in [-0.3, -0.25) is 0 Å². The van der Waals surface area contributed by atoms with Crippen LogP contribution in [0.4, 0.5) is 0 Å². The van der Waals surface area contributed by atoms with Crippen LogP contribution < -0.4 is 0 Å². The van der Waals surface area contributed by atoms with Gasteiger partial charge < -0.3 is 8.98 Å². The molecule has 0 unspecified atom stereocenters. The van der Waals surface area contributed by atoms with Gasteiger partial charge in [-0.2, -0.15) is 0 Å². The fourth-order valence-electron chi connectivity index (χ4n) is 10.6. The normalized spacial score (nSPS) is 11.7. The van der Waals surface area contributed by atoms with Crippen molar-refractivity contribution in [3.8, 4) is 73.1 Å². The number of nitrogens with zero attached hydrogens (tertiary/aromatic N) is 4. The van der Waals surface area contributed by atoms with Crippen LogP contribution in [0.15, 0.2) is 247 Å². The summed E-state index contributed by atoms with van der Waals surface area (Å²) in [6, 6.07) is 85.5. The zero-order valence-electron chi connectivity index (χ0n) is 37.8. The summed E-state index contributed by atoms with van der Waals surface area (Å²) < 4.78 is 8.99. The monoisotopic (exact) mass is 892 g/mol. The Morgan fingerprint density at radius 2 is 0.886 bits per heavy atom. The van der Waals surface area contributed by atoms with Gasteiger partial charge in [0.1, 0.15) is 11.2 Å². The van der Waals surface area contributed by atoms with Crippen LogP contribution in [-0.2, 0) is 0 Å². The van der Waals surface area contributed by atoms with E-state index in [1.54, 1.807) is 0 Å². The van der Waals surface area contributed by atoms with E-state index in [0.29, 0.717) is 5.82 Å². The summed E-state index contributed by atoms with van der Waals surface area (Å²) in [4.78, 5) is 15.8. The quantitative estimate of drug-likeness (QED) is 0.150. The summed E-state index contributed by atoms with van der Waals surface area (Å²) in [7, 11) is 0. The van der Waals surface area contributed by atoms with E-state index in [4.69, 9.17) is 19.4 Å². The van der Waals surface area contributed by atoms with Crippen molar-refractivity contribution in [2.24, 2.45) is 0 Å². The van der Waals surface area contributed by atoms with Crippen molar-refractivity contribution < 1.29 is 4.42 Å². The molecule has 326 valence electrons. The maximum atomic E-state index is 6.64. The van der Waals surface area contributed by atoms with Crippen LogP contribution in [0, 0.1) is 0 Å². The Balaban J connectivity index is 0.880. The fraction of sp³-hybridized carbons (Fsp3) is 0. The SMILES string of the molecule is c1ccc(-c2nc(-c3ccc(-c4cccc(-c5nc6ccccc6c6c(-c7ccccc7)c7c(cc56)oc5ccccc57)c4)cc3)cc(-c3cccc(-n4c5ccccc5c5ccccc54)c3)n2)cc1. The predicted molar refractivity (Wildman–Crippen MR) is 289 cm³/mol. The molecule has 0 bridgehead atoms. The molecule has 4 aromatic heterocycles. The fourth-order valence-corrected chi connectivity index (χ4v) is 10.6. The zero-order valence-corrected chi connectivity index (χ0v) is 37.8. The van der Waals surface area contributed by atoms with E-state index in [9.17, 15) is 0 Å². The van der Waals surface area contributed by atoms with E-state index in [-0.39, 0.29) is 0 Å². The minimum Gasteiger partial charge on any atom is -0.456 e. The van der Waals surface area contributed by atoms with E-state index >= 15 is 0 Å². The third-order valence-corrected chi connectivity index (χ3v) is 13.8. The molecule has 0 radical (unpaired) electrons. The molecule has 0 aliphatic heterocycles. The van der Waals surface area contributed by atoms with Crippen LogP contribution in [0.1, 0.15) is 0 Å². The number of furan rings is 1. The molecule has 0 saturated carbocycles. The number of rotatable bonds is 7. The Labute approximate surface area is 403 Å². The molecule has 0 atom stereocenters. The number of hydrogen-bond donors (Lipinski definition) is 0. The number of para-hydroxylation sites is 4. The third-order valence-electron chi connectivity index (χ3n) is 13.8. The maximum absolute atomic E-state index is 6.64. The Morgan fingerprint density at radius 3 is 1.64 bits per heavy atom. The molecule has 4 heterocycles. The molecule has 0 amide bonds. The largest absolute Gasteiger partial charge is 0.456 e. The van der Waals surface area contributed by atoms with E-state index < -0.39 is 0 Å². The molecule has 0 spiro atoms. The van der Waals surface area contributed by atoms with Gasteiger partial charge in [0.05, 0.1) is 33.6 Å². The number of pyridine rings is 1. The van der Waals surface area contributed by atoms with Gasteiger partial charge in [0.25, 0.3) is 0 Å². The highest BCUT2D eigenvalue weighted by atomic mass is 16.3. The summed E-state index contributed by atoms with van der Waals surface area (Å²) in [5.74, 6) is 0.678. The zero-order chi connectivity index (χ0) is 46.1. The molecule has 0 saturated heterocycles. The first-order valence-corrected chi connectivity index (χ1v) is 23.7. The highest BCUT2D eigenvalue weighted by Gasteiger charge is 2.22. The van der Waals surface area contributed by atoms with Crippen molar-refractivity contribution in [2.75, 3.05) is 0 Å². The molecule has 5 heteroatoms. The van der Waals surface area contributed by atoms with Crippen LogP contribution >= 0.6 is 0 Å². The van der Waals surface area contributed by atoms with E-state index in [1.807, 2.05) is 24.3 Å². The summed E-state index contributed by atoms with van der Waals surface area (Å²) in [5, 5.41) is 8.00. The number of hydrogen-bond acceptors (Lipinski definition) is 4. The lowest BCUT2D eigenvalue weighted by Crippen LogP contribution is -1.98. The molecule has 70 heavy (non-hydrogen) atoms. The lowest BCUT2D eigenvalue weighted by Gasteiger charge is -2.16. The first kappa shape index (κ1) is 39.7. The second-order valence-electron chi connectivity index (χ2n) is 17.9. The van der Waals surface area contributed by atoms with Crippen molar-refractivity contribution in [2.45, 2.75) is 0 Å². The highest BCUT2D eigenvalue weighted by Crippen LogP contribution is 2.46. The van der Waals surface area contributed by atoms with Crippen LogP contribution in [0.2, 0.25) is 0 Å². The van der Waals surface area contributed by atoms with Crippen LogP contribution in [0.25, 0.3) is 139 Å². The van der Waals surface area contributed by atoms with Gasteiger partial charge in [0.2, 0.25) is 0 Å². The minimum absolute atomic E-state index is 0.678. The Kier molecular flexibility index (Phi) is 9.14. The smallest absolute Gasteiger partial charge is 0.160 e. The van der Waals surface area contributed by atoms with Gasteiger partial charge in [-0.15, -0.1) is 0 Å². The van der Waals surface area contributed by atoms with Gasteiger partial charge in [-0.1, -0.05) is 188 Å². The van der Waals surface area contributed by atoms with E-state index in [0.717, 1.165) is 111 Å². The molecular weight excluding hydrogens is 853 g/mol. The molecule has 0 N–H and O–H groups in total. The first-order chi connectivity index (χ1) is 34.7. The third kappa shape index (κ3) is 6.51. The van der Waals surface area contributed by atoms with E-state index in [2.05, 4.69) is 223 Å². The van der Waals surface area contributed by atoms with Crippen molar-refractivity contribution in [3.63, 3.8) is 0 Å². The topological polar surface area (TPSA) is 56.7 Å². The number of benzene rings is 10. The van der Waals surface area contributed by atoms with Gasteiger partial charge in [0.15, 0.2) is 5.82 Å². The van der Waals surface area contributed by atoms with Gasteiger partial charge in [-0.05, 0) is 71.3 Å². The molecule has 14 aromatic rings. The molecule has 14 rings (SSSR count). The maximum Gasteiger partial charge on any atom is 0.160 e. The molecule has 0 aliphatic carbocycles. The van der Waals surface area contributed by atoms with Crippen molar-refractivity contribution in [3.05, 3.63) is 243 Å². The van der Waals surface area contributed by atoms with Crippen molar-refractivity contribution in [1.82, 2.24) is 19.5 Å². The Morgan fingerprint density at radius 1 is 0.314 bits per heavy atom. The standard InChI is InChI=1S/C65H40N4O/c1-3-17-43(18-4-1)61-62-51-27-7-11-29-54(51)66-64(53(62)39-60-63(61)52-28-10-14-32-59(52)70-60)47-23-15-21-45(37-47)41-33-35-42(36-34-41)55-40-56(68-65(67-55)44-19-5-2-6-20-44)46-22-16-24-48(38-46)69-57-30-12-8-25-49(57)50-26-9-13-31-58(50)69/h1-40H. The average Bonchev–Trinajstić information content (AvgIpc) is 3.98. The van der Waals surface area contributed by atoms with Crippen LogP contribution in [0.5, 0.6) is 0 Å². The molecule has 0 fully saturated rings. The van der Waals surface area contributed by atoms with Crippen molar-refractivity contribution in [1.29, 1.82) is 0 Å². The number of aromatic nitrogens is 4. The summed E-state index contributed by atoms with van der Waals surface area (Å²) in [6.45, 7) is 0. The second kappa shape index (κ2) is 16.1. The van der Waals surface area contributed by atoms with Gasteiger partial charge in [-0.25, -0.2) is 15.0 Å². The van der Waals surface area contributed by atoms with Crippen LogP contribution in [-0.4, -0.2) is 19.5 Å². The molecule has 5 nitrogen and oxygen atoms in total. The number of fused-ring (bicyclic) bond motifs is 9. The van der Waals surface area contributed by atoms with Gasteiger partial charge in [0, 0.05) is 71.2 Å². The van der Waals surface area contributed by atoms with E-state index in [1.165, 1.54) is 21.8 Å². The van der Waals surface area contributed by atoms with Crippen LogP contribution in [0.3, 0.4) is 0 Å². The second-order valence-corrected chi connectivity index (χ2v) is 17.9. The van der Waals surface area contributed by atoms with Crippen molar-refractivity contribution >= 4 is 65.4 Å². The predicted octanol–water partition coefficient (Wildman–Crippen LogP) is 17.2. The Hall–Kier alpha value is -9.45. The molecule has 0 aliphatic rings. The lowest BCUT2D eigenvalue weighted by atomic mass is 9.89. The Bertz CT molecular complexity index is 4290. The first-order valence-electron chi connectivity index (χ1n) is 23.7.